The van der Waals surface area contributed by atoms with E-state index in [-0.39, 0.29) is 5.82 Å². The fraction of sp³-hybridized carbons (Fsp3) is 0.200. The molecule has 0 unspecified atom stereocenters. The number of benzene rings is 1. The molecule has 0 amide bonds. The first-order chi connectivity index (χ1) is 6.70. The molecule has 0 fully saturated rings. The molecular weight excluding hydrogens is 249 g/mol. The molecule has 4 heteroatoms. The fourth-order valence-electron chi connectivity index (χ4n) is 1.07. The lowest BCUT2D eigenvalue weighted by Gasteiger charge is -2.06. The average Bonchev–Trinajstić information content (AvgIpc) is 2.20. The maximum Gasteiger partial charge on any atom is 0.148 e. The average molecular weight is 260 g/mol. The summed E-state index contributed by atoms with van der Waals surface area (Å²) in [4.78, 5) is 0. The Morgan fingerprint density at radius 2 is 2.29 bits per heavy atom. The van der Waals surface area contributed by atoms with Crippen LogP contribution < -0.4 is 10.5 Å². The van der Waals surface area contributed by atoms with E-state index in [2.05, 4.69) is 15.9 Å². The summed E-state index contributed by atoms with van der Waals surface area (Å²) in [6.45, 7) is 0.370. The van der Waals surface area contributed by atoms with E-state index in [1.807, 2.05) is 0 Å². The van der Waals surface area contributed by atoms with Gasteiger partial charge < -0.3 is 10.5 Å². The van der Waals surface area contributed by atoms with Crippen molar-refractivity contribution >= 4 is 22.0 Å². The van der Waals surface area contributed by atoms with Gasteiger partial charge in [0, 0.05) is 6.54 Å². The third-order valence-corrected chi connectivity index (χ3v) is 2.35. The molecule has 0 aliphatic heterocycles. The molecule has 0 saturated carbocycles. The second-order valence-electron chi connectivity index (χ2n) is 2.62. The molecule has 0 spiro atoms. The number of ether oxygens (including phenoxy) is 1. The number of nitrogens with two attached hydrogens (primary N) is 1. The number of methoxy groups -OCH3 is 1. The van der Waals surface area contributed by atoms with Gasteiger partial charge in [0.2, 0.25) is 0 Å². The zero-order valence-electron chi connectivity index (χ0n) is 7.76. The van der Waals surface area contributed by atoms with Gasteiger partial charge in [0.15, 0.2) is 0 Å². The summed E-state index contributed by atoms with van der Waals surface area (Å²) in [5.74, 6) is 0.157. The number of halogens is 2. The SMILES string of the molecule is COc1ccc(Br)c(F)c1/C=C/CN. The molecular formula is C10H11BrFNO. The lowest BCUT2D eigenvalue weighted by atomic mass is 10.1. The van der Waals surface area contributed by atoms with E-state index in [0.717, 1.165) is 0 Å². The van der Waals surface area contributed by atoms with Crippen molar-refractivity contribution in [2.24, 2.45) is 5.73 Å². The second kappa shape index (κ2) is 5.12. The van der Waals surface area contributed by atoms with Crippen LogP contribution in [0.25, 0.3) is 6.08 Å². The van der Waals surface area contributed by atoms with Crippen LogP contribution in [0.2, 0.25) is 0 Å². The van der Waals surface area contributed by atoms with Crippen molar-refractivity contribution < 1.29 is 9.13 Å². The maximum atomic E-state index is 13.6. The Morgan fingerprint density at radius 3 is 2.86 bits per heavy atom. The Labute approximate surface area is 90.7 Å². The van der Waals surface area contributed by atoms with E-state index in [0.29, 0.717) is 22.3 Å². The van der Waals surface area contributed by atoms with Gasteiger partial charge in [-0.3, -0.25) is 0 Å². The van der Waals surface area contributed by atoms with Gasteiger partial charge in [0.25, 0.3) is 0 Å². The van der Waals surface area contributed by atoms with Gasteiger partial charge in [-0.15, -0.1) is 0 Å². The molecule has 0 heterocycles. The number of hydrogen-bond donors (Lipinski definition) is 1. The fourth-order valence-corrected chi connectivity index (χ4v) is 1.41. The number of hydrogen-bond acceptors (Lipinski definition) is 2. The van der Waals surface area contributed by atoms with Crippen molar-refractivity contribution in [1.82, 2.24) is 0 Å². The van der Waals surface area contributed by atoms with Crippen LogP contribution in [0.4, 0.5) is 4.39 Å². The minimum atomic E-state index is -0.339. The highest BCUT2D eigenvalue weighted by Crippen LogP contribution is 2.28. The summed E-state index contributed by atoms with van der Waals surface area (Å²) >= 11 is 3.11. The first kappa shape index (κ1) is 11.2. The van der Waals surface area contributed by atoms with Gasteiger partial charge in [-0.05, 0) is 28.1 Å². The summed E-state index contributed by atoms with van der Waals surface area (Å²) in [7, 11) is 1.50. The van der Waals surface area contributed by atoms with Crippen LogP contribution in [0.3, 0.4) is 0 Å². The van der Waals surface area contributed by atoms with E-state index in [1.165, 1.54) is 7.11 Å². The molecule has 14 heavy (non-hydrogen) atoms. The van der Waals surface area contributed by atoms with Crippen LogP contribution in [0.5, 0.6) is 5.75 Å². The van der Waals surface area contributed by atoms with Crippen molar-refractivity contribution in [1.29, 1.82) is 0 Å². The molecule has 2 N–H and O–H groups in total. The predicted molar refractivity (Wildman–Crippen MR) is 58.7 cm³/mol. The van der Waals surface area contributed by atoms with Crippen molar-refractivity contribution in [2.75, 3.05) is 13.7 Å². The van der Waals surface area contributed by atoms with Crippen LogP contribution in [0.15, 0.2) is 22.7 Å². The second-order valence-corrected chi connectivity index (χ2v) is 3.47. The quantitative estimate of drug-likeness (QED) is 0.906. The predicted octanol–water partition coefficient (Wildman–Crippen LogP) is 2.57. The highest BCUT2D eigenvalue weighted by Gasteiger charge is 2.09. The molecule has 76 valence electrons. The summed E-state index contributed by atoms with van der Waals surface area (Å²) in [5.41, 5.74) is 5.70. The molecule has 0 radical (unpaired) electrons. The van der Waals surface area contributed by atoms with Gasteiger partial charge in [-0.1, -0.05) is 12.2 Å². The lowest BCUT2D eigenvalue weighted by molar-refractivity contribution is 0.409. The highest BCUT2D eigenvalue weighted by atomic mass is 79.9. The molecule has 1 rings (SSSR count). The summed E-state index contributed by atoms with van der Waals surface area (Å²) in [6, 6.07) is 3.30. The van der Waals surface area contributed by atoms with Crippen LogP contribution in [0.1, 0.15) is 5.56 Å². The minimum Gasteiger partial charge on any atom is -0.496 e. The molecule has 0 aromatic heterocycles. The normalized spacial score (nSPS) is 10.9. The van der Waals surface area contributed by atoms with Crippen molar-refractivity contribution in [3.05, 3.63) is 34.1 Å². The zero-order valence-corrected chi connectivity index (χ0v) is 9.34. The molecule has 0 saturated heterocycles. The molecule has 2 nitrogen and oxygen atoms in total. The molecule has 0 aliphatic rings. The Bertz CT molecular complexity index is 352. The summed E-state index contributed by atoms with van der Waals surface area (Å²) in [6.07, 6.45) is 3.28. The molecule has 1 aromatic carbocycles. The van der Waals surface area contributed by atoms with E-state index in [1.54, 1.807) is 24.3 Å². The molecule has 0 bridgehead atoms. The summed E-state index contributed by atoms with van der Waals surface area (Å²) < 4.78 is 19.0. The van der Waals surface area contributed by atoms with Gasteiger partial charge in [0.05, 0.1) is 17.1 Å². The van der Waals surface area contributed by atoms with Crippen LogP contribution in [0, 0.1) is 5.82 Å². The van der Waals surface area contributed by atoms with Crippen LogP contribution in [-0.4, -0.2) is 13.7 Å². The number of rotatable bonds is 3. The van der Waals surface area contributed by atoms with E-state index in [4.69, 9.17) is 10.5 Å². The minimum absolute atomic E-state index is 0.339. The third kappa shape index (κ3) is 2.33. The third-order valence-electron chi connectivity index (χ3n) is 1.73. The van der Waals surface area contributed by atoms with Crippen molar-refractivity contribution in [2.45, 2.75) is 0 Å². The monoisotopic (exact) mass is 259 g/mol. The summed E-state index contributed by atoms with van der Waals surface area (Å²) in [5, 5.41) is 0. The van der Waals surface area contributed by atoms with Crippen molar-refractivity contribution in [3.8, 4) is 5.75 Å². The first-order valence-corrected chi connectivity index (χ1v) is 4.88. The Hall–Kier alpha value is -0.870. The van der Waals surface area contributed by atoms with Crippen molar-refractivity contribution in [3.63, 3.8) is 0 Å². The Kier molecular flexibility index (Phi) is 4.10. The molecule has 0 atom stereocenters. The zero-order chi connectivity index (χ0) is 10.6. The van der Waals surface area contributed by atoms with Gasteiger partial charge >= 0.3 is 0 Å². The van der Waals surface area contributed by atoms with Crippen LogP contribution in [-0.2, 0) is 0 Å². The van der Waals surface area contributed by atoms with E-state index >= 15 is 0 Å². The largest absolute Gasteiger partial charge is 0.496 e. The Balaban J connectivity index is 3.21. The standard InChI is InChI=1S/C10H11BrFNO/c1-14-9-5-4-8(11)10(12)7(9)3-2-6-13/h2-5H,6,13H2,1H3/b3-2+. The van der Waals surface area contributed by atoms with Gasteiger partial charge in [0.1, 0.15) is 11.6 Å². The van der Waals surface area contributed by atoms with Gasteiger partial charge in [-0.2, -0.15) is 0 Å². The molecule has 1 aromatic rings. The topological polar surface area (TPSA) is 35.2 Å². The smallest absolute Gasteiger partial charge is 0.148 e. The highest BCUT2D eigenvalue weighted by molar-refractivity contribution is 9.10. The first-order valence-electron chi connectivity index (χ1n) is 4.09. The van der Waals surface area contributed by atoms with Gasteiger partial charge in [-0.25, -0.2) is 4.39 Å². The molecule has 0 aliphatic carbocycles. The maximum absolute atomic E-state index is 13.6. The van der Waals surface area contributed by atoms with Crippen LogP contribution >= 0.6 is 15.9 Å². The Morgan fingerprint density at radius 1 is 1.57 bits per heavy atom. The van der Waals surface area contributed by atoms with E-state index in [9.17, 15) is 4.39 Å². The van der Waals surface area contributed by atoms with E-state index < -0.39 is 0 Å². The lowest BCUT2D eigenvalue weighted by Crippen LogP contribution is -1.95.